The smallest absolute Gasteiger partial charge is 0.239 e. The van der Waals surface area contributed by atoms with Crippen molar-refractivity contribution in [2.75, 3.05) is 55.2 Å². The zero-order valence-electron chi connectivity index (χ0n) is 23.7. The zero-order valence-corrected chi connectivity index (χ0v) is 25.3. The number of nitrogens with one attached hydrogen (secondary N) is 4. The Balaban J connectivity index is 1.27. The van der Waals surface area contributed by atoms with Crippen molar-refractivity contribution < 1.29 is 13.2 Å². The first-order valence-corrected chi connectivity index (χ1v) is 15.7. The van der Waals surface area contributed by atoms with E-state index in [1.54, 1.807) is 38.1 Å². The van der Waals surface area contributed by atoms with E-state index in [0.717, 1.165) is 38.1 Å². The number of benzene rings is 2. The third kappa shape index (κ3) is 6.65. The molecule has 3 heterocycles. The van der Waals surface area contributed by atoms with Crippen LogP contribution in [0.25, 0.3) is 10.9 Å². The fourth-order valence-electron chi connectivity index (χ4n) is 4.67. The van der Waals surface area contributed by atoms with E-state index in [2.05, 4.69) is 52.8 Å². The molecule has 0 bridgehead atoms. The minimum absolute atomic E-state index is 0.104. The molecule has 4 N–H and O–H groups in total. The molecule has 0 spiro atoms. The maximum absolute atomic E-state index is 12.9. The number of nitrogens with zero attached hydrogens (tertiary/aromatic N) is 5. The van der Waals surface area contributed by atoms with Gasteiger partial charge in [0, 0.05) is 37.3 Å². The molecule has 0 radical (unpaired) electrons. The van der Waals surface area contributed by atoms with Crippen LogP contribution in [0.3, 0.4) is 0 Å². The van der Waals surface area contributed by atoms with Gasteiger partial charge in [-0.15, -0.1) is 0 Å². The van der Waals surface area contributed by atoms with E-state index in [1.807, 2.05) is 18.2 Å². The molecule has 1 aliphatic heterocycles. The quantitative estimate of drug-likeness (QED) is 0.205. The number of sulfone groups is 1. The highest BCUT2D eigenvalue weighted by Gasteiger charge is 2.23. The number of fused-ring (bicyclic) bond motifs is 1. The van der Waals surface area contributed by atoms with Gasteiger partial charge in [-0.3, -0.25) is 14.8 Å². The van der Waals surface area contributed by atoms with Gasteiger partial charge in [0.05, 0.1) is 34.1 Å². The summed E-state index contributed by atoms with van der Waals surface area (Å²) in [5.41, 5.74) is 1.76. The molecular weight excluding hydrogens is 578 g/mol. The molecule has 1 saturated heterocycles. The Labute approximate surface area is 249 Å². The standard InChI is InChI=1S/C28H34ClN9O3S/c1-4-37-11-13-38(14-12-37)17-25(39)33-26-20-10-9-19(15-23(20)35-36-26)31-28-30-16-21(29)27(34-28)32-22-7-5-6-8-24(22)42(40,41)18(2)3/h5-10,15-16,18H,4,11-14,17H2,1-3H3,(H2,30,31,32,34)(H2,33,35,36,39). The molecule has 2 aromatic carbocycles. The second-order valence-corrected chi connectivity index (χ2v) is 13.2. The average Bonchev–Trinajstić information content (AvgIpc) is 3.36. The van der Waals surface area contributed by atoms with Gasteiger partial charge in [0.2, 0.25) is 11.9 Å². The van der Waals surface area contributed by atoms with Crippen molar-refractivity contribution in [1.29, 1.82) is 0 Å². The van der Waals surface area contributed by atoms with E-state index in [-0.39, 0.29) is 27.6 Å². The van der Waals surface area contributed by atoms with Gasteiger partial charge in [-0.05, 0) is 50.7 Å². The van der Waals surface area contributed by atoms with Crippen molar-refractivity contribution in [1.82, 2.24) is 30.0 Å². The Hall–Kier alpha value is -3.78. The van der Waals surface area contributed by atoms with Crippen LogP contribution in [-0.4, -0.2) is 88.8 Å². The first-order chi connectivity index (χ1) is 20.1. The van der Waals surface area contributed by atoms with Gasteiger partial charge in [-0.25, -0.2) is 13.4 Å². The highest BCUT2D eigenvalue weighted by Crippen LogP contribution is 2.31. The van der Waals surface area contributed by atoms with Gasteiger partial charge in [-0.1, -0.05) is 30.7 Å². The summed E-state index contributed by atoms with van der Waals surface area (Å²) in [5.74, 6) is 0.872. The summed E-state index contributed by atoms with van der Waals surface area (Å²) in [6.07, 6.45) is 1.43. The monoisotopic (exact) mass is 611 g/mol. The third-order valence-corrected chi connectivity index (χ3v) is 9.65. The van der Waals surface area contributed by atoms with Crippen LogP contribution in [0.4, 0.5) is 29.0 Å². The number of halogens is 1. The van der Waals surface area contributed by atoms with E-state index in [0.29, 0.717) is 29.3 Å². The number of aromatic amines is 1. The van der Waals surface area contributed by atoms with E-state index < -0.39 is 15.1 Å². The van der Waals surface area contributed by atoms with Crippen LogP contribution < -0.4 is 16.0 Å². The maximum atomic E-state index is 12.9. The Kier molecular flexibility index (Phi) is 8.92. The Morgan fingerprint density at radius 3 is 2.52 bits per heavy atom. The van der Waals surface area contributed by atoms with Gasteiger partial charge in [0.25, 0.3) is 0 Å². The van der Waals surface area contributed by atoms with Crippen LogP contribution in [0.5, 0.6) is 0 Å². The average molecular weight is 612 g/mol. The second-order valence-electron chi connectivity index (χ2n) is 10.3. The zero-order chi connectivity index (χ0) is 29.9. The number of para-hydroxylation sites is 1. The van der Waals surface area contributed by atoms with Crippen LogP contribution in [-0.2, 0) is 14.6 Å². The summed E-state index contributed by atoms with van der Waals surface area (Å²) in [6, 6.07) is 12.1. The molecule has 0 aliphatic carbocycles. The predicted molar refractivity (Wildman–Crippen MR) is 166 cm³/mol. The summed E-state index contributed by atoms with van der Waals surface area (Å²) < 4.78 is 25.7. The van der Waals surface area contributed by atoms with Crippen molar-refractivity contribution >= 4 is 67.2 Å². The number of amides is 1. The number of rotatable bonds is 10. The first-order valence-electron chi connectivity index (χ1n) is 13.8. The molecule has 2 aromatic heterocycles. The SMILES string of the molecule is CCN1CCN(CC(=O)Nc2n[nH]c3cc(Nc4ncc(Cl)c(Nc5ccccc5S(=O)(=O)C(C)C)n4)ccc23)CC1. The number of aromatic nitrogens is 4. The lowest BCUT2D eigenvalue weighted by Crippen LogP contribution is -2.48. The van der Waals surface area contributed by atoms with Crippen LogP contribution in [0, 0.1) is 0 Å². The van der Waals surface area contributed by atoms with Crippen molar-refractivity contribution in [3.05, 3.63) is 53.7 Å². The second kappa shape index (κ2) is 12.6. The molecule has 5 rings (SSSR count). The molecule has 4 aromatic rings. The number of hydrogen-bond acceptors (Lipinski definition) is 10. The molecule has 1 amide bonds. The summed E-state index contributed by atoms with van der Waals surface area (Å²) in [7, 11) is -3.54. The summed E-state index contributed by atoms with van der Waals surface area (Å²) in [5, 5.41) is 16.8. The lowest BCUT2D eigenvalue weighted by Gasteiger charge is -2.33. The predicted octanol–water partition coefficient (Wildman–Crippen LogP) is 4.25. The van der Waals surface area contributed by atoms with Crippen molar-refractivity contribution in [2.24, 2.45) is 0 Å². The van der Waals surface area contributed by atoms with Gasteiger partial charge in [0.1, 0.15) is 5.02 Å². The molecule has 0 saturated carbocycles. The van der Waals surface area contributed by atoms with Gasteiger partial charge in [0.15, 0.2) is 21.5 Å². The van der Waals surface area contributed by atoms with Gasteiger partial charge in [-0.2, -0.15) is 10.1 Å². The molecule has 1 fully saturated rings. The van der Waals surface area contributed by atoms with Crippen molar-refractivity contribution in [2.45, 2.75) is 30.9 Å². The van der Waals surface area contributed by atoms with E-state index in [4.69, 9.17) is 11.6 Å². The number of piperazine rings is 1. The number of hydrogen-bond donors (Lipinski definition) is 4. The van der Waals surface area contributed by atoms with Crippen molar-refractivity contribution in [3.63, 3.8) is 0 Å². The molecule has 0 unspecified atom stereocenters. The molecule has 12 nitrogen and oxygen atoms in total. The minimum Gasteiger partial charge on any atom is -0.338 e. The molecular formula is C28H34ClN9O3S. The van der Waals surface area contributed by atoms with Crippen LogP contribution in [0.15, 0.2) is 53.6 Å². The van der Waals surface area contributed by atoms with Crippen LogP contribution >= 0.6 is 11.6 Å². The number of carbonyl (C=O) groups excluding carboxylic acids is 1. The Morgan fingerprint density at radius 2 is 1.79 bits per heavy atom. The summed E-state index contributed by atoms with van der Waals surface area (Å²) >= 11 is 6.36. The number of likely N-dealkylation sites (N-methyl/N-ethyl adjacent to an activating group) is 1. The topological polar surface area (TPSA) is 148 Å². The number of carbonyl (C=O) groups is 1. The largest absolute Gasteiger partial charge is 0.338 e. The molecule has 222 valence electrons. The molecule has 1 aliphatic rings. The fraction of sp³-hybridized carbons (Fsp3) is 0.357. The molecule has 14 heteroatoms. The number of H-pyrrole nitrogens is 1. The number of anilines is 5. The lowest BCUT2D eigenvalue weighted by atomic mass is 10.2. The van der Waals surface area contributed by atoms with E-state index in [9.17, 15) is 13.2 Å². The lowest BCUT2D eigenvalue weighted by molar-refractivity contribution is -0.117. The highest BCUT2D eigenvalue weighted by atomic mass is 35.5. The highest BCUT2D eigenvalue weighted by molar-refractivity contribution is 7.92. The normalized spacial score (nSPS) is 14.8. The van der Waals surface area contributed by atoms with Gasteiger partial charge < -0.3 is 20.9 Å². The summed E-state index contributed by atoms with van der Waals surface area (Å²) in [6.45, 7) is 10.4. The fourth-order valence-corrected chi connectivity index (χ4v) is 6.01. The van der Waals surface area contributed by atoms with Gasteiger partial charge >= 0.3 is 0 Å². The molecule has 42 heavy (non-hydrogen) atoms. The minimum atomic E-state index is -3.54. The first kappa shape index (κ1) is 29.7. The van der Waals surface area contributed by atoms with Crippen LogP contribution in [0.1, 0.15) is 20.8 Å². The van der Waals surface area contributed by atoms with Crippen LogP contribution in [0.2, 0.25) is 5.02 Å². The third-order valence-electron chi connectivity index (χ3n) is 7.17. The Morgan fingerprint density at radius 1 is 1.05 bits per heavy atom. The van der Waals surface area contributed by atoms with E-state index >= 15 is 0 Å². The van der Waals surface area contributed by atoms with Crippen molar-refractivity contribution in [3.8, 4) is 0 Å². The maximum Gasteiger partial charge on any atom is 0.239 e. The summed E-state index contributed by atoms with van der Waals surface area (Å²) in [4.78, 5) is 26.1. The molecule has 0 atom stereocenters. The van der Waals surface area contributed by atoms with E-state index in [1.165, 1.54) is 6.20 Å². The Bertz CT molecular complexity index is 1690.